The summed E-state index contributed by atoms with van der Waals surface area (Å²) in [6, 6.07) is -0.129. The van der Waals surface area contributed by atoms with E-state index in [-0.39, 0.29) is 12.6 Å². The van der Waals surface area contributed by atoms with Crippen LogP contribution in [0.15, 0.2) is 8.94 Å². The first kappa shape index (κ1) is 15.4. The van der Waals surface area contributed by atoms with E-state index in [4.69, 9.17) is 8.94 Å². The van der Waals surface area contributed by atoms with E-state index in [2.05, 4.69) is 30.6 Å². The highest BCUT2D eigenvalue weighted by Gasteiger charge is 2.22. The molecule has 1 N–H and O–H groups in total. The van der Waals surface area contributed by atoms with Gasteiger partial charge in [0.1, 0.15) is 0 Å². The van der Waals surface area contributed by atoms with Gasteiger partial charge in [-0.1, -0.05) is 5.16 Å². The van der Waals surface area contributed by atoms with Crippen molar-refractivity contribution in [1.82, 2.24) is 35.5 Å². The number of hydrogen-bond donors (Lipinski definition) is 1. The van der Waals surface area contributed by atoms with Crippen LogP contribution < -0.4 is 5.32 Å². The van der Waals surface area contributed by atoms with Gasteiger partial charge in [-0.05, 0) is 0 Å². The van der Waals surface area contributed by atoms with Crippen molar-refractivity contribution in [2.24, 2.45) is 0 Å². The molecule has 0 aromatic carbocycles. The highest BCUT2D eigenvalue weighted by atomic mass is 16.5. The van der Waals surface area contributed by atoms with Crippen LogP contribution in [0.25, 0.3) is 0 Å². The van der Waals surface area contributed by atoms with Crippen molar-refractivity contribution in [3.63, 3.8) is 0 Å². The Labute approximate surface area is 132 Å². The average molecular weight is 321 g/mol. The molecule has 1 aliphatic heterocycles. The predicted molar refractivity (Wildman–Crippen MR) is 77.2 cm³/mol. The standard InChI is InChI=1S/C13H19N7O3/c1-9-15-11(18-23-9)8-19-3-5-20(6-4-19)13(21)14-7-12-17-16-10(2)22-12/h3-8H2,1-2H3,(H,14,21). The lowest BCUT2D eigenvalue weighted by Crippen LogP contribution is -2.51. The van der Waals surface area contributed by atoms with E-state index >= 15 is 0 Å². The summed E-state index contributed by atoms with van der Waals surface area (Å²) in [5.74, 6) is 2.13. The summed E-state index contributed by atoms with van der Waals surface area (Å²) >= 11 is 0. The zero-order valence-electron chi connectivity index (χ0n) is 13.2. The summed E-state index contributed by atoms with van der Waals surface area (Å²) in [5, 5.41) is 14.2. The number of urea groups is 1. The van der Waals surface area contributed by atoms with E-state index in [0.717, 1.165) is 13.1 Å². The molecular formula is C13H19N7O3. The highest BCUT2D eigenvalue weighted by Crippen LogP contribution is 2.07. The summed E-state index contributed by atoms with van der Waals surface area (Å²) in [4.78, 5) is 20.3. The first-order chi connectivity index (χ1) is 11.1. The Bertz CT molecular complexity index is 660. The Kier molecular flexibility index (Phi) is 4.51. The number of amides is 2. The third-order valence-electron chi connectivity index (χ3n) is 3.55. The summed E-state index contributed by atoms with van der Waals surface area (Å²) < 4.78 is 10.2. The van der Waals surface area contributed by atoms with Gasteiger partial charge in [-0.25, -0.2) is 4.79 Å². The van der Waals surface area contributed by atoms with E-state index < -0.39 is 0 Å². The lowest BCUT2D eigenvalue weighted by atomic mass is 10.3. The molecule has 2 amide bonds. The predicted octanol–water partition coefficient (Wildman–Crippen LogP) is 0.0968. The number of nitrogens with one attached hydrogen (secondary N) is 1. The molecule has 0 unspecified atom stereocenters. The lowest BCUT2D eigenvalue weighted by molar-refractivity contribution is 0.132. The van der Waals surface area contributed by atoms with E-state index in [9.17, 15) is 4.79 Å². The average Bonchev–Trinajstić information content (AvgIpc) is 3.14. The summed E-state index contributed by atoms with van der Waals surface area (Å²) in [6.45, 7) is 7.17. The Hall–Kier alpha value is -2.49. The molecule has 3 heterocycles. The van der Waals surface area contributed by atoms with Crippen molar-refractivity contribution in [3.8, 4) is 0 Å². The van der Waals surface area contributed by atoms with Gasteiger partial charge in [0.2, 0.25) is 17.7 Å². The van der Waals surface area contributed by atoms with Gasteiger partial charge in [0.15, 0.2) is 5.82 Å². The van der Waals surface area contributed by atoms with E-state index in [0.29, 0.717) is 43.1 Å². The van der Waals surface area contributed by atoms with Crippen LogP contribution in [0.2, 0.25) is 0 Å². The third-order valence-corrected chi connectivity index (χ3v) is 3.55. The molecule has 23 heavy (non-hydrogen) atoms. The molecule has 0 saturated carbocycles. The van der Waals surface area contributed by atoms with Gasteiger partial charge in [0, 0.05) is 40.0 Å². The maximum atomic E-state index is 12.1. The van der Waals surface area contributed by atoms with Crippen LogP contribution in [0.4, 0.5) is 4.79 Å². The molecule has 1 fully saturated rings. The smallest absolute Gasteiger partial charge is 0.317 e. The SMILES string of the molecule is Cc1nc(CN2CCN(C(=O)NCc3nnc(C)o3)CC2)no1. The number of rotatable bonds is 4. The van der Waals surface area contributed by atoms with Crippen molar-refractivity contribution in [1.29, 1.82) is 0 Å². The molecule has 0 spiro atoms. The maximum absolute atomic E-state index is 12.1. The largest absolute Gasteiger partial charge is 0.424 e. The second-order valence-electron chi connectivity index (χ2n) is 5.37. The van der Waals surface area contributed by atoms with Gasteiger partial charge in [-0.15, -0.1) is 10.2 Å². The van der Waals surface area contributed by atoms with Crippen LogP contribution in [0.5, 0.6) is 0 Å². The molecule has 124 valence electrons. The molecule has 2 aromatic heterocycles. The van der Waals surface area contributed by atoms with Crippen LogP contribution in [-0.4, -0.2) is 62.3 Å². The third kappa shape index (κ3) is 4.03. The Morgan fingerprint density at radius 2 is 1.96 bits per heavy atom. The van der Waals surface area contributed by atoms with Crippen molar-refractivity contribution in [2.45, 2.75) is 26.9 Å². The van der Waals surface area contributed by atoms with Crippen LogP contribution in [0.1, 0.15) is 23.5 Å². The van der Waals surface area contributed by atoms with E-state index in [1.807, 2.05) is 0 Å². The Balaban J connectivity index is 1.42. The number of hydrogen-bond acceptors (Lipinski definition) is 8. The Morgan fingerprint density at radius 3 is 2.57 bits per heavy atom. The van der Waals surface area contributed by atoms with Gasteiger partial charge in [0.25, 0.3) is 0 Å². The fourth-order valence-electron chi connectivity index (χ4n) is 2.39. The zero-order valence-corrected chi connectivity index (χ0v) is 13.2. The van der Waals surface area contributed by atoms with Crippen LogP contribution in [0.3, 0.4) is 0 Å². The molecule has 0 bridgehead atoms. The number of piperazine rings is 1. The van der Waals surface area contributed by atoms with E-state index in [1.165, 1.54) is 0 Å². The monoisotopic (exact) mass is 321 g/mol. The fraction of sp³-hybridized carbons (Fsp3) is 0.615. The van der Waals surface area contributed by atoms with Crippen molar-refractivity contribution in [2.75, 3.05) is 26.2 Å². The first-order valence-electron chi connectivity index (χ1n) is 7.43. The molecular weight excluding hydrogens is 302 g/mol. The first-order valence-corrected chi connectivity index (χ1v) is 7.43. The number of carbonyl (C=O) groups excluding carboxylic acids is 1. The van der Waals surface area contributed by atoms with Crippen LogP contribution >= 0.6 is 0 Å². The van der Waals surface area contributed by atoms with Crippen LogP contribution in [0, 0.1) is 13.8 Å². The lowest BCUT2D eigenvalue weighted by Gasteiger charge is -2.33. The van der Waals surface area contributed by atoms with Gasteiger partial charge in [-0.2, -0.15) is 4.98 Å². The summed E-state index contributed by atoms with van der Waals surface area (Å²) in [6.07, 6.45) is 0. The number of aromatic nitrogens is 4. The maximum Gasteiger partial charge on any atom is 0.317 e. The molecule has 2 aromatic rings. The summed E-state index contributed by atoms with van der Waals surface area (Å²) in [7, 11) is 0. The van der Waals surface area contributed by atoms with Gasteiger partial charge in [-0.3, -0.25) is 4.90 Å². The molecule has 1 aliphatic rings. The van der Waals surface area contributed by atoms with Crippen LogP contribution in [-0.2, 0) is 13.1 Å². The summed E-state index contributed by atoms with van der Waals surface area (Å²) in [5.41, 5.74) is 0. The van der Waals surface area contributed by atoms with Gasteiger partial charge in [0.05, 0.1) is 13.1 Å². The zero-order chi connectivity index (χ0) is 16.2. The Morgan fingerprint density at radius 1 is 1.17 bits per heavy atom. The number of carbonyl (C=O) groups is 1. The number of nitrogens with zero attached hydrogens (tertiary/aromatic N) is 6. The second-order valence-corrected chi connectivity index (χ2v) is 5.37. The quantitative estimate of drug-likeness (QED) is 0.843. The fourth-order valence-corrected chi connectivity index (χ4v) is 2.39. The van der Waals surface area contributed by atoms with Gasteiger partial charge < -0.3 is 19.2 Å². The topological polar surface area (TPSA) is 113 Å². The van der Waals surface area contributed by atoms with Crippen molar-refractivity contribution < 1.29 is 13.7 Å². The van der Waals surface area contributed by atoms with Gasteiger partial charge >= 0.3 is 6.03 Å². The highest BCUT2D eigenvalue weighted by molar-refractivity contribution is 5.74. The minimum absolute atomic E-state index is 0.129. The molecule has 10 heteroatoms. The molecule has 0 atom stereocenters. The molecule has 1 saturated heterocycles. The van der Waals surface area contributed by atoms with E-state index in [1.54, 1.807) is 18.7 Å². The molecule has 3 rings (SSSR count). The second kappa shape index (κ2) is 6.73. The van der Waals surface area contributed by atoms with Crippen molar-refractivity contribution in [3.05, 3.63) is 23.5 Å². The normalized spacial score (nSPS) is 15.8. The minimum atomic E-state index is -0.129. The molecule has 10 nitrogen and oxygen atoms in total. The van der Waals surface area contributed by atoms with Crippen molar-refractivity contribution >= 4 is 6.03 Å². The molecule has 0 aliphatic carbocycles. The molecule has 0 radical (unpaired) electrons. The minimum Gasteiger partial charge on any atom is -0.424 e. The number of aryl methyl sites for hydroxylation is 2.